The molecule has 20 heavy (non-hydrogen) atoms. The number of carbonyl (C=O) groups excluding carboxylic acids is 1. The van der Waals surface area contributed by atoms with Crippen molar-refractivity contribution in [2.24, 2.45) is 28.1 Å². The summed E-state index contributed by atoms with van der Waals surface area (Å²) >= 11 is 0. The van der Waals surface area contributed by atoms with Crippen LogP contribution >= 0.6 is 0 Å². The largest absolute Gasteiger partial charge is 0.355 e. The number of nitrogens with one attached hydrogen (secondary N) is 1. The lowest BCUT2D eigenvalue weighted by Gasteiger charge is -2.64. The molecule has 0 aromatic heterocycles. The van der Waals surface area contributed by atoms with Gasteiger partial charge >= 0.3 is 0 Å². The van der Waals surface area contributed by atoms with Crippen LogP contribution in [-0.2, 0) is 4.79 Å². The summed E-state index contributed by atoms with van der Waals surface area (Å²) in [6.45, 7) is 5.84. The average molecular weight is 275 g/mol. The molecular weight excluding hydrogens is 246 g/mol. The molecule has 1 amide bonds. The summed E-state index contributed by atoms with van der Waals surface area (Å²) in [5.41, 5.74) is 0.886. The standard InChI is InChI=1S/C18H29NO/c1-16-6-14-7-17(2,10-16)12-18(8-14,11-16)15(20)19-9-13-4-3-5-13/h13-14H,3-12H2,1-2H3,(H,19,20). The first-order valence-corrected chi connectivity index (χ1v) is 8.69. The predicted molar refractivity (Wildman–Crippen MR) is 80.2 cm³/mol. The third kappa shape index (κ3) is 1.94. The highest BCUT2D eigenvalue weighted by atomic mass is 16.2. The topological polar surface area (TPSA) is 29.1 Å². The Kier molecular flexibility index (Phi) is 2.64. The molecule has 5 rings (SSSR count). The van der Waals surface area contributed by atoms with Gasteiger partial charge in [-0.15, -0.1) is 0 Å². The molecule has 4 bridgehead atoms. The van der Waals surface area contributed by atoms with E-state index in [1.54, 1.807) is 0 Å². The van der Waals surface area contributed by atoms with Gasteiger partial charge in [0.2, 0.25) is 5.91 Å². The minimum Gasteiger partial charge on any atom is -0.355 e. The van der Waals surface area contributed by atoms with E-state index in [0.717, 1.165) is 31.2 Å². The van der Waals surface area contributed by atoms with Gasteiger partial charge in [-0.1, -0.05) is 20.3 Å². The van der Waals surface area contributed by atoms with Crippen LogP contribution in [0.1, 0.15) is 71.6 Å². The van der Waals surface area contributed by atoms with Gasteiger partial charge in [0.1, 0.15) is 0 Å². The van der Waals surface area contributed by atoms with Crippen molar-refractivity contribution in [3.63, 3.8) is 0 Å². The molecule has 112 valence electrons. The van der Waals surface area contributed by atoms with Crippen molar-refractivity contribution < 1.29 is 4.79 Å². The minimum atomic E-state index is -0.00728. The van der Waals surface area contributed by atoms with E-state index in [2.05, 4.69) is 19.2 Å². The Balaban J connectivity index is 1.52. The van der Waals surface area contributed by atoms with Gasteiger partial charge in [-0.05, 0) is 74.0 Å². The smallest absolute Gasteiger partial charge is 0.226 e. The van der Waals surface area contributed by atoms with Gasteiger partial charge in [-0.3, -0.25) is 4.79 Å². The fraction of sp³-hybridized carbons (Fsp3) is 0.944. The zero-order valence-electron chi connectivity index (χ0n) is 13.1. The maximum absolute atomic E-state index is 12.9. The summed E-state index contributed by atoms with van der Waals surface area (Å²) in [5, 5.41) is 3.34. The van der Waals surface area contributed by atoms with E-state index in [9.17, 15) is 4.79 Å². The molecule has 0 heterocycles. The number of rotatable bonds is 3. The third-order valence-corrected chi connectivity index (χ3v) is 6.88. The maximum Gasteiger partial charge on any atom is 0.226 e. The summed E-state index contributed by atoms with van der Waals surface area (Å²) in [4.78, 5) is 12.9. The zero-order valence-corrected chi connectivity index (χ0v) is 13.1. The van der Waals surface area contributed by atoms with E-state index in [0.29, 0.717) is 16.7 Å². The number of amides is 1. The first-order chi connectivity index (χ1) is 9.41. The Morgan fingerprint density at radius 1 is 1.05 bits per heavy atom. The molecule has 0 radical (unpaired) electrons. The highest BCUT2D eigenvalue weighted by Gasteiger charge is 2.62. The monoisotopic (exact) mass is 275 g/mol. The van der Waals surface area contributed by atoms with E-state index >= 15 is 0 Å². The lowest BCUT2D eigenvalue weighted by molar-refractivity contribution is -0.170. The Bertz CT molecular complexity index is 421. The summed E-state index contributed by atoms with van der Waals surface area (Å²) in [5.74, 6) is 2.00. The van der Waals surface area contributed by atoms with Crippen molar-refractivity contribution in [3.05, 3.63) is 0 Å². The highest BCUT2D eigenvalue weighted by Crippen LogP contribution is 2.69. The van der Waals surface area contributed by atoms with Gasteiger partial charge in [0.15, 0.2) is 0 Å². The Hall–Kier alpha value is -0.530. The third-order valence-electron chi connectivity index (χ3n) is 6.88. The van der Waals surface area contributed by atoms with Gasteiger partial charge in [0, 0.05) is 6.54 Å². The lowest BCUT2D eigenvalue weighted by atomic mass is 9.40. The Morgan fingerprint density at radius 3 is 2.20 bits per heavy atom. The van der Waals surface area contributed by atoms with E-state index < -0.39 is 0 Å². The van der Waals surface area contributed by atoms with Crippen LogP contribution in [0, 0.1) is 28.1 Å². The SMILES string of the molecule is CC12CC3CC(C)(C1)CC(C(=O)NCC1CCC1)(C3)C2. The molecule has 2 atom stereocenters. The van der Waals surface area contributed by atoms with Crippen molar-refractivity contribution >= 4 is 5.91 Å². The van der Waals surface area contributed by atoms with Crippen LogP contribution in [0.2, 0.25) is 0 Å². The molecule has 1 N–H and O–H groups in total. The second-order valence-corrected chi connectivity index (χ2v) is 9.42. The molecular formula is C18H29NO. The molecule has 0 saturated heterocycles. The van der Waals surface area contributed by atoms with Crippen LogP contribution in [0.15, 0.2) is 0 Å². The summed E-state index contributed by atoms with van der Waals surface area (Å²) in [6, 6.07) is 0. The van der Waals surface area contributed by atoms with Gasteiger partial charge in [0.05, 0.1) is 5.41 Å². The van der Waals surface area contributed by atoms with Gasteiger partial charge in [0.25, 0.3) is 0 Å². The van der Waals surface area contributed by atoms with Crippen molar-refractivity contribution in [3.8, 4) is 0 Å². The molecule has 2 unspecified atom stereocenters. The first kappa shape index (κ1) is 13.2. The molecule has 0 aromatic carbocycles. The molecule has 5 saturated carbocycles. The van der Waals surface area contributed by atoms with Crippen molar-refractivity contribution in [1.29, 1.82) is 0 Å². The van der Waals surface area contributed by atoms with Gasteiger partial charge < -0.3 is 5.32 Å². The molecule has 5 fully saturated rings. The second-order valence-electron chi connectivity index (χ2n) is 9.42. The number of hydrogen-bond acceptors (Lipinski definition) is 1. The first-order valence-electron chi connectivity index (χ1n) is 8.69. The quantitative estimate of drug-likeness (QED) is 0.831. The predicted octanol–water partition coefficient (Wildman–Crippen LogP) is 3.90. The highest BCUT2D eigenvalue weighted by molar-refractivity contribution is 5.83. The average Bonchev–Trinajstić information content (AvgIpc) is 2.21. The fourth-order valence-electron chi connectivity index (χ4n) is 6.82. The van der Waals surface area contributed by atoms with E-state index in [1.165, 1.54) is 44.9 Å². The van der Waals surface area contributed by atoms with Crippen molar-refractivity contribution in [2.45, 2.75) is 71.6 Å². The van der Waals surface area contributed by atoms with Crippen LogP contribution in [0.5, 0.6) is 0 Å². The number of hydrogen-bond donors (Lipinski definition) is 1. The summed E-state index contributed by atoms with van der Waals surface area (Å²) in [6.07, 6.45) is 11.6. The fourth-order valence-corrected chi connectivity index (χ4v) is 6.82. The van der Waals surface area contributed by atoms with Crippen LogP contribution in [-0.4, -0.2) is 12.5 Å². The zero-order chi connectivity index (χ0) is 14.0. The van der Waals surface area contributed by atoms with Crippen molar-refractivity contribution in [2.75, 3.05) is 6.54 Å². The molecule has 2 nitrogen and oxygen atoms in total. The summed E-state index contributed by atoms with van der Waals surface area (Å²) in [7, 11) is 0. The van der Waals surface area contributed by atoms with Gasteiger partial charge in [-0.2, -0.15) is 0 Å². The molecule has 5 aliphatic carbocycles. The second kappa shape index (κ2) is 4.01. The minimum absolute atomic E-state index is 0.00728. The van der Waals surface area contributed by atoms with Crippen LogP contribution in [0.25, 0.3) is 0 Å². The van der Waals surface area contributed by atoms with E-state index in [4.69, 9.17) is 0 Å². The molecule has 2 heteroatoms. The van der Waals surface area contributed by atoms with E-state index in [1.807, 2.05) is 0 Å². The van der Waals surface area contributed by atoms with Gasteiger partial charge in [-0.25, -0.2) is 0 Å². The van der Waals surface area contributed by atoms with Crippen LogP contribution < -0.4 is 5.32 Å². The molecule has 0 aliphatic heterocycles. The van der Waals surface area contributed by atoms with Crippen LogP contribution in [0.3, 0.4) is 0 Å². The van der Waals surface area contributed by atoms with E-state index in [-0.39, 0.29) is 5.41 Å². The van der Waals surface area contributed by atoms with Crippen LogP contribution in [0.4, 0.5) is 0 Å². The Morgan fingerprint density at radius 2 is 1.70 bits per heavy atom. The normalized spacial score (nSPS) is 50.0. The summed E-state index contributed by atoms with van der Waals surface area (Å²) < 4.78 is 0. The molecule has 0 aromatic rings. The molecule has 0 spiro atoms. The lowest BCUT2D eigenvalue weighted by Crippen LogP contribution is -2.60. The molecule has 5 aliphatic rings. The Labute approximate surface area is 123 Å². The maximum atomic E-state index is 12.9. The number of carbonyl (C=O) groups is 1. The van der Waals surface area contributed by atoms with Crippen molar-refractivity contribution in [1.82, 2.24) is 5.32 Å².